The smallest absolute Gasteiger partial charge is 0.296 e. The van der Waals surface area contributed by atoms with Crippen LogP contribution in [0.25, 0.3) is 10.9 Å². The minimum atomic E-state index is -0.250. The molecule has 0 fully saturated rings. The van der Waals surface area contributed by atoms with Crippen LogP contribution in [0.4, 0.5) is 0 Å². The van der Waals surface area contributed by atoms with Crippen molar-refractivity contribution in [1.82, 2.24) is 19.4 Å². The standard InChI is InChI=1S/C16H17N5OS/c1-4-20-10-12(13-7-5-6-8-14(13)20)9-17-21-15(22)11(2)18-19-16(21)23-3/h5-10H,4H2,1-3H3/b17-9-. The first kappa shape index (κ1) is 15.5. The fourth-order valence-corrected chi connectivity index (χ4v) is 2.86. The molecule has 0 aliphatic carbocycles. The van der Waals surface area contributed by atoms with Crippen molar-refractivity contribution in [2.45, 2.75) is 25.5 Å². The maximum absolute atomic E-state index is 12.2. The van der Waals surface area contributed by atoms with E-state index in [1.54, 1.807) is 13.1 Å². The number of hydrogen-bond donors (Lipinski definition) is 0. The number of hydrogen-bond acceptors (Lipinski definition) is 5. The van der Waals surface area contributed by atoms with E-state index in [9.17, 15) is 4.79 Å². The van der Waals surface area contributed by atoms with Crippen LogP contribution in [0.3, 0.4) is 0 Å². The summed E-state index contributed by atoms with van der Waals surface area (Å²) in [5.74, 6) is 0. The molecule has 0 radical (unpaired) electrons. The average Bonchev–Trinajstić information content (AvgIpc) is 2.94. The summed E-state index contributed by atoms with van der Waals surface area (Å²) in [6, 6.07) is 8.14. The zero-order valence-electron chi connectivity index (χ0n) is 13.2. The van der Waals surface area contributed by atoms with Gasteiger partial charge in [-0.15, -0.1) is 10.2 Å². The largest absolute Gasteiger partial charge is 0.347 e. The second-order valence-corrected chi connectivity index (χ2v) is 5.79. The number of aromatic nitrogens is 4. The van der Waals surface area contributed by atoms with Gasteiger partial charge in [-0.3, -0.25) is 4.79 Å². The molecule has 0 aliphatic rings. The van der Waals surface area contributed by atoms with Gasteiger partial charge in [-0.05, 0) is 26.2 Å². The van der Waals surface area contributed by atoms with Gasteiger partial charge < -0.3 is 4.57 Å². The van der Waals surface area contributed by atoms with Crippen LogP contribution < -0.4 is 5.56 Å². The number of rotatable bonds is 4. The monoisotopic (exact) mass is 327 g/mol. The third-order valence-corrected chi connectivity index (χ3v) is 4.24. The molecule has 0 saturated heterocycles. The van der Waals surface area contributed by atoms with Gasteiger partial charge in [0, 0.05) is 29.2 Å². The Balaban J connectivity index is 2.12. The fraction of sp³-hybridized carbons (Fsp3) is 0.250. The van der Waals surface area contributed by atoms with Crippen LogP contribution in [0.5, 0.6) is 0 Å². The molecule has 0 N–H and O–H groups in total. The Kier molecular flexibility index (Phi) is 4.29. The zero-order valence-corrected chi connectivity index (χ0v) is 14.0. The number of fused-ring (bicyclic) bond motifs is 1. The third-order valence-electron chi connectivity index (χ3n) is 3.62. The van der Waals surface area contributed by atoms with Crippen LogP contribution in [0.2, 0.25) is 0 Å². The Morgan fingerprint density at radius 1 is 1.30 bits per heavy atom. The van der Waals surface area contributed by atoms with Crippen molar-refractivity contribution in [3.63, 3.8) is 0 Å². The van der Waals surface area contributed by atoms with E-state index in [-0.39, 0.29) is 5.56 Å². The molecule has 0 bridgehead atoms. The lowest BCUT2D eigenvalue weighted by Crippen LogP contribution is -2.23. The summed E-state index contributed by atoms with van der Waals surface area (Å²) in [5, 5.41) is 13.8. The molecule has 0 unspecified atom stereocenters. The molecule has 1 aromatic carbocycles. The molecule has 0 saturated carbocycles. The summed E-state index contributed by atoms with van der Waals surface area (Å²) in [5.41, 5.74) is 2.20. The van der Waals surface area contributed by atoms with E-state index in [2.05, 4.69) is 38.9 Å². The lowest BCUT2D eigenvalue weighted by Gasteiger charge is -2.03. The molecule has 118 valence electrons. The summed E-state index contributed by atoms with van der Waals surface area (Å²) in [6.45, 7) is 4.61. The average molecular weight is 327 g/mol. The Bertz CT molecular complexity index is 941. The maximum atomic E-state index is 12.2. The van der Waals surface area contributed by atoms with Gasteiger partial charge in [-0.2, -0.15) is 9.78 Å². The SMILES string of the molecule is CCn1cc(/C=N\n2c(SC)nnc(C)c2=O)c2ccccc21. The Hall–Kier alpha value is -2.41. The van der Waals surface area contributed by atoms with E-state index in [4.69, 9.17) is 0 Å². The van der Waals surface area contributed by atoms with Crippen molar-refractivity contribution < 1.29 is 0 Å². The third kappa shape index (κ3) is 2.79. The zero-order chi connectivity index (χ0) is 16.4. The first-order valence-electron chi connectivity index (χ1n) is 7.28. The Labute approximate surface area is 137 Å². The summed E-state index contributed by atoms with van der Waals surface area (Å²) in [7, 11) is 0. The molecule has 23 heavy (non-hydrogen) atoms. The highest BCUT2D eigenvalue weighted by atomic mass is 32.2. The first-order chi connectivity index (χ1) is 11.2. The minimum absolute atomic E-state index is 0.250. The van der Waals surface area contributed by atoms with Gasteiger partial charge in [-0.1, -0.05) is 30.0 Å². The summed E-state index contributed by atoms with van der Waals surface area (Å²) < 4.78 is 3.45. The van der Waals surface area contributed by atoms with Gasteiger partial charge >= 0.3 is 0 Å². The van der Waals surface area contributed by atoms with Gasteiger partial charge in [0.2, 0.25) is 5.16 Å². The van der Waals surface area contributed by atoms with Crippen LogP contribution in [0, 0.1) is 6.92 Å². The summed E-state index contributed by atoms with van der Waals surface area (Å²) in [6.07, 6.45) is 5.59. The van der Waals surface area contributed by atoms with Gasteiger partial charge in [0.15, 0.2) is 0 Å². The van der Waals surface area contributed by atoms with Crippen LogP contribution in [-0.2, 0) is 6.54 Å². The highest BCUT2D eigenvalue weighted by Gasteiger charge is 2.09. The fourth-order valence-electron chi connectivity index (χ4n) is 2.43. The quantitative estimate of drug-likeness (QED) is 0.545. The normalized spacial score (nSPS) is 11.6. The van der Waals surface area contributed by atoms with Crippen molar-refractivity contribution in [2.24, 2.45) is 5.10 Å². The van der Waals surface area contributed by atoms with Crippen LogP contribution in [0.15, 0.2) is 45.5 Å². The second kappa shape index (κ2) is 6.37. The molecule has 3 rings (SSSR count). The van der Waals surface area contributed by atoms with Crippen molar-refractivity contribution in [3.8, 4) is 0 Å². The molecular weight excluding hydrogens is 310 g/mol. The predicted molar refractivity (Wildman–Crippen MR) is 93.4 cm³/mol. The van der Waals surface area contributed by atoms with E-state index in [0.29, 0.717) is 10.9 Å². The molecule has 0 aliphatic heterocycles. The number of aryl methyl sites for hydroxylation is 2. The number of benzene rings is 1. The number of thioether (sulfide) groups is 1. The highest BCUT2D eigenvalue weighted by molar-refractivity contribution is 7.98. The molecular formula is C16H17N5OS. The molecule has 3 aromatic rings. The summed E-state index contributed by atoms with van der Waals surface area (Å²) >= 11 is 1.34. The van der Waals surface area contributed by atoms with Gasteiger partial charge in [-0.25, -0.2) is 0 Å². The molecule has 0 atom stereocenters. The highest BCUT2D eigenvalue weighted by Crippen LogP contribution is 2.20. The van der Waals surface area contributed by atoms with Crippen LogP contribution in [0.1, 0.15) is 18.2 Å². The van der Waals surface area contributed by atoms with Gasteiger partial charge in [0.25, 0.3) is 5.56 Å². The lowest BCUT2D eigenvalue weighted by atomic mass is 10.2. The van der Waals surface area contributed by atoms with Crippen molar-refractivity contribution in [3.05, 3.63) is 52.1 Å². The second-order valence-electron chi connectivity index (χ2n) is 5.02. The Morgan fingerprint density at radius 2 is 2.09 bits per heavy atom. The van der Waals surface area contributed by atoms with E-state index in [1.165, 1.54) is 16.4 Å². The van der Waals surface area contributed by atoms with Gasteiger partial charge in [0.05, 0.1) is 6.21 Å². The first-order valence-corrected chi connectivity index (χ1v) is 8.50. The van der Waals surface area contributed by atoms with Crippen LogP contribution in [-0.4, -0.2) is 31.9 Å². The van der Waals surface area contributed by atoms with E-state index in [1.807, 2.05) is 24.6 Å². The molecule has 0 amide bonds. The number of para-hydroxylation sites is 1. The van der Waals surface area contributed by atoms with Gasteiger partial charge in [0.1, 0.15) is 5.69 Å². The molecule has 6 nitrogen and oxygen atoms in total. The van der Waals surface area contributed by atoms with E-state index >= 15 is 0 Å². The van der Waals surface area contributed by atoms with Crippen LogP contribution >= 0.6 is 11.8 Å². The molecule has 2 heterocycles. The predicted octanol–water partition coefficient (Wildman–Crippen LogP) is 2.53. The topological polar surface area (TPSA) is 65.1 Å². The molecule has 0 spiro atoms. The molecule has 7 heteroatoms. The minimum Gasteiger partial charge on any atom is -0.347 e. The summed E-state index contributed by atoms with van der Waals surface area (Å²) in [4.78, 5) is 12.2. The van der Waals surface area contributed by atoms with Crippen molar-refractivity contribution in [2.75, 3.05) is 6.26 Å². The molecule has 2 aromatic heterocycles. The van der Waals surface area contributed by atoms with Crippen molar-refractivity contribution in [1.29, 1.82) is 0 Å². The van der Waals surface area contributed by atoms with Crippen molar-refractivity contribution >= 4 is 28.9 Å². The van der Waals surface area contributed by atoms with E-state index < -0.39 is 0 Å². The Morgan fingerprint density at radius 3 is 2.83 bits per heavy atom. The lowest BCUT2D eigenvalue weighted by molar-refractivity contribution is 0.635. The maximum Gasteiger partial charge on any atom is 0.296 e. The van der Waals surface area contributed by atoms with E-state index in [0.717, 1.165) is 23.0 Å². The number of nitrogens with zero attached hydrogens (tertiary/aromatic N) is 5.